The lowest BCUT2D eigenvalue weighted by Gasteiger charge is -2.24. The minimum Gasteiger partial charge on any atom is -0.310 e. The van der Waals surface area contributed by atoms with E-state index in [2.05, 4.69) is 23.3 Å². The van der Waals surface area contributed by atoms with Crippen LogP contribution in [0.4, 0.5) is 0 Å². The largest absolute Gasteiger partial charge is 0.310 e. The summed E-state index contributed by atoms with van der Waals surface area (Å²) in [5.41, 5.74) is 0. The zero-order valence-corrected chi connectivity index (χ0v) is 8.16. The molecule has 2 aliphatic rings. The van der Waals surface area contributed by atoms with Crippen LogP contribution in [0.2, 0.25) is 0 Å². The predicted octanol–water partition coefficient (Wildman–Crippen LogP) is 0.582. The number of nitrogens with zero attached hydrogens (tertiary/aromatic N) is 2. The first kappa shape index (κ1) is 8.98. The van der Waals surface area contributed by atoms with Crippen LogP contribution in [0.3, 0.4) is 0 Å². The molecule has 0 aliphatic carbocycles. The smallest absolute Gasteiger partial charge is 0.0625 e. The van der Waals surface area contributed by atoms with Crippen LogP contribution < -0.4 is 5.32 Å². The lowest BCUT2D eigenvalue weighted by molar-refractivity contribution is 0.262. The van der Waals surface area contributed by atoms with Crippen molar-refractivity contribution in [3.8, 4) is 6.07 Å². The van der Waals surface area contributed by atoms with Crippen LogP contribution >= 0.6 is 0 Å². The van der Waals surface area contributed by atoms with Gasteiger partial charge in [-0.2, -0.15) is 5.26 Å². The van der Waals surface area contributed by atoms with Gasteiger partial charge < -0.3 is 10.2 Å². The van der Waals surface area contributed by atoms with Gasteiger partial charge in [-0.25, -0.2) is 0 Å². The van der Waals surface area contributed by atoms with E-state index in [9.17, 15) is 0 Å². The van der Waals surface area contributed by atoms with Crippen molar-refractivity contribution >= 4 is 0 Å². The standard InChI is InChI=1S/C10H17N3/c1-13-6-8(4-5-11)10-3-2-9(7-13)12-10/h8-10,12H,2-4,6-7H2,1H3. The third-order valence-electron chi connectivity index (χ3n) is 3.28. The molecule has 0 saturated carbocycles. The fourth-order valence-corrected chi connectivity index (χ4v) is 2.67. The van der Waals surface area contributed by atoms with E-state index in [1.54, 1.807) is 0 Å². The SMILES string of the molecule is CN1CC2CCC(N2)C(CC#N)C1. The van der Waals surface area contributed by atoms with Crippen molar-refractivity contribution in [2.75, 3.05) is 20.1 Å². The van der Waals surface area contributed by atoms with Crippen LogP contribution in [-0.2, 0) is 0 Å². The maximum atomic E-state index is 8.73. The van der Waals surface area contributed by atoms with Crippen LogP contribution in [0, 0.1) is 17.2 Å². The Bertz CT molecular complexity index is 221. The van der Waals surface area contributed by atoms with Gasteiger partial charge in [0.25, 0.3) is 0 Å². The number of nitrogens with one attached hydrogen (secondary N) is 1. The Morgan fingerprint density at radius 3 is 3.08 bits per heavy atom. The number of likely N-dealkylation sites (tertiary alicyclic amines) is 1. The molecule has 2 rings (SSSR count). The Morgan fingerprint density at radius 1 is 1.46 bits per heavy atom. The number of rotatable bonds is 1. The van der Waals surface area contributed by atoms with Gasteiger partial charge in [-0.3, -0.25) is 0 Å². The highest BCUT2D eigenvalue weighted by Crippen LogP contribution is 2.25. The van der Waals surface area contributed by atoms with Crippen molar-refractivity contribution in [2.45, 2.75) is 31.3 Å². The minimum atomic E-state index is 0.544. The molecule has 0 aromatic rings. The Balaban J connectivity index is 2.04. The highest BCUT2D eigenvalue weighted by Gasteiger charge is 2.34. The molecule has 3 nitrogen and oxygen atoms in total. The van der Waals surface area contributed by atoms with Crippen LogP contribution in [-0.4, -0.2) is 37.1 Å². The van der Waals surface area contributed by atoms with E-state index in [4.69, 9.17) is 5.26 Å². The van der Waals surface area contributed by atoms with Crippen molar-refractivity contribution < 1.29 is 0 Å². The van der Waals surface area contributed by atoms with Gasteiger partial charge in [-0.05, 0) is 25.8 Å². The monoisotopic (exact) mass is 179 g/mol. The Kier molecular flexibility index (Phi) is 2.52. The lowest BCUT2D eigenvalue weighted by Crippen LogP contribution is -2.34. The summed E-state index contributed by atoms with van der Waals surface area (Å²) in [6.07, 6.45) is 3.26. The molecule has 3 heteroatoms. The van der Waals surface area contributed by atoms with E-state index >= 15 is 0 Å². The molecule has 0 radical (unpaired) electrons. The Morgan fingerprint density at radius 2 is 2.31 bits per heavy atom. The maximum Gasteiger partial charge on any atom is 0.0625 e. The first-order valence-electron chi connectivity index (χ1n) is 5.11. The molecule has 72 valence electrons. The number of hydrogen-bond acceptors (Lipinski definition) is 3. The molecule has 2 fully saturated rings. The highest BCUT2D eigenvalue weighted by molar-refractivity contribution is 4.96. The van der Waals surface area contributed by atoms with E-state index in [0.29, 0.717) is 24.4 Å². The zero-order valence-electron chi connectivity index (χ0n) is 8.16. The van der Waals surface area contributed by atoms with Gasteiger partial charge in [-0.15, -0.1) is 0 Å². The predicted molar refractivity (Wildman–Crippen MR) is 51.2 cm³/mol. The van der Waals surface area contributed by atoms with Crippen LogP contribution in [0.1, 0.15) is 19.3 Å². The van der Waals surface area contributed by atoms with E-state index in [-0.39, 0.29) is 0 Å². The van der Waals surface area contributed by atoms with Crippen molar-refractivity contribution in [2.24, 2.45) is 5.92 Å². The summed E-state index contributed by atoms with van der Waals surface area (Å²) in [7, 11) is 2.16. The molecule has 0 amide bonds. The van der Waals surface area contributed by atoms with Crippen LogP contribution in [0.15, 0.2) is 0 Å². The average molecular weight is 179 g/mol. The summed E-state index contributed by atoms with van der Waals surface area (Å²) in [5.74, 6) is 0.544. The first-order chi connectivity index (χ1) is 6.29. The van der Waals surface area contributed by atoms with Gasteiger partial charge in [0.05, 0.1) is 6.07 Å². The molecule has 0 aromatic heterocycles. The summed E-state index contributed by atoms with van der Waals surface area (Å²) < 4.78 is 0. The van der Waals surface area contributed by atoms with Crippen molar-refractivity contribution in [3.63, 3.8) is 0 Å². The number of hydrogen-bond donors (Lipinski definition) is 1. The molecule has 2 bridgehead atoms. The molecule has 1 N–H and O–H groups in total. The average Bonchev–Trinajstić information content (AvgIpc) is 2.45. The van der Waals surface area contributed by atoms with Crippen LogP contribution in [0.25, 0.3) is 0 Å². The van der Waals surface area contributed by atoms with E-state index in [1.807, 2.05) is 0 Å². The minimum absolute atomic E-state index is 0.544. The van der Waals surface area contributed by atoms with Crippen molar-refractivity contribution in [3.05, 3.63) is 0 Å². The van der Waals surface area contributed by atoms with Gasteiger partial charge in [0.15, 0.2) is 0 Å². The molecule has 2 aliphatic heterocycles. The molecule has 2 saturated heterocycles. The fraction of sp³-hybridized carbons (Fsp3) is 0.900. The third-order valence-corrected chi connectivity index (χ3v) is 3.28. The van der Waals surface area contributed by atoms with Crippen molar-refractivity contribution in [1.82, 2.24) is 10.2 Å². The maximum absolute atomic E-state index is 8.73. The van der Waals surface area contributed by atoms with Gasteiger partial charge in [0.1, 0.15) is 0 Å². The highest BCUT2D eigenvalue weighted by atomic mass is 15.2. The molecular weight excluding hydrogens is 162 g/mol. The quantitative estimate of drug-likeness (QED) is 0.640. The topological polar surface area (TPSA) is 39.1 Å². The van der Waals surface area contributed by atoms with Gasteiger partial charge >= 0.3 is 0 Å². The summed E-state index contributed by atoms with van der Waals surface area (Å²) in [4.78, 5) is 2.36. The van der Waals surface area contributed by atoms with E-state index < -0.39 is 0 Å². The molecule has 13 heavy (non-hydrogen) atoms. The third kappa shape index (κ3) is 1.84. The summed E-state index contributed by atoms with van der Waals surface area (Å²) in [6.45, 7) is 2.24. The fourth-order valence-electron chi connectivity index (χ4n) is 2.67. The Labute approximate surface area is 79.7 Å². The number of fused-ring (bicyclic) bond motifs is 2. The van der Waals surface area contributed by atoms with Gasteiger partial charge in [0.2, 0.25) is 0 Å². The molecule has 0 spiro atoms. The second-order valence-electron chi connectivity index (χ2n) is 4.39. The van der Waals surface area contributed by atoms with E-state index in [1.165, 1.54) is 12.8 Å². The first-order valence-corrected chi connectivity index (χ1v) is 5.11. The lowest BCUT2D eigenvalue weighted by atomic mass is 9.94. The van der Waals surface area contributed by atoms with Crippen LogP contribution in [0.5, 0.6) is 0 Å². The second-order valence-corrected chi connectivity index (χ2v) is 4.39. The molecule has 2 heterocycles. The summed E-state index contributed by atoms with van der Waals surface area (Å²) >= 11 is 0. The number of likely N-dealkylation sites (N-methyl/N-ethyl adjacent to an activating group) is 1. The molecule has 3 atom stereocenters. The normalized spacial score (nSPS) is 39.8. The van der Waals surface area contributed by atoms with E-state index in [0.717, 1.165) is 13.1 Å². The second kappa shape index (κ2) is 3.65. The van der Waals surface area contributed by atoms with Gasteiger partial charge in [-0.1, -0.05) is 0 Å². The molecular formula is C10H17N3. The van der Waals surface area contributed by atoms with Gasteiger partial charge in [0, 0.05) is 31.6 Å². The summed E-state index contributed by atoms with van der Waals surface area (Å²) in [5, 5.41) is 12.4. The summed E-state index contributed by atoms with van der Waals surface area (Å²) in [6, 6.07) is 3.59. The van der Waals surface area contributed by atoms with Crippen molar-refractivity contribution in [1.29, 1.82) is 5.26 Å². The molecule has 0 aromatic carbocycles. The Hall–Kier alpha value is -0.590. The number of nitriles is 1. The molecule has 3 unspecified atom stereocenters. The zero-order chi connectivity index (χ0) is 9.26.